The first-order valence-electron chi connectivity index (χ1n) is 7.36. The highest BCUT2D eigenvalue weighted by Crippen LogP contribution is 2.20. The largest absolute Gasteiger partial charge is 0.375 e. The first kappa shape index (κ1) is 16.5. The fourth-order valence-corrected chi connectivity index (χ4v) is 3.14. The Morgan fingerprint density at radius 2 is 2.10 bits per heavy atom. The molecule has 2 aliphatic heterocycles. The first-order valence-corrected chi connectivity index (χ1v) is 9.42. The first-order chi connectivity index (χ1) is 9.99. The van der Waals surface area contributed by atoms with Crippen molar-refractivity contribution < 1.29 is 17.9 Å². The van der Waals surface area contributed by atoms with Crippen LogP contribution in [0.4, 0.5) is 0 Å². The van der Waals surface area contributed by atoms with Gasteiger partial charge in [-0.15, -0.1) is 0 Å². The van der Waals surface area contributed by atoms with Crippen LogP contribution in [0.25, 0.3) is 0 Å². The average Bonchev–Trinajstić information content (AvgIpc) is 2.97. The topological polar surface area (TPSA) is 80.2 Å². The van der Waals surface area contributed by atoms with Crippen molar-refractivity contribution in [1.82, 2.24) is 10.2 Å². The summed E-state index contributed by atoms with van der Waals surface area (Å²) in [6.07, 6.45) is 3.60. The molecule has 0 aromatic heterocycles. The molecule has 0 saturated carbocycles. The monoisotopic (exact) mass is 319 g/mol. The molecule has 2 atom stereocenters. The third-order valence-corrected chi connectivity index (χ3v) is 4.69. The van der Waals surface area contributed by atoms with Gasteiger partial charge in [0.25, 0.3) is 0 Å². The molecule has 0 bridgehead atoms. The van der Waals surface area contributed by atoms with E-state index >= 15 is 0 Å². The lowest BCUT2D eigenvalue weighted by molar-refractivity contribution is -0.0816. The van der Waals surface area contributed by atoms with Crippen LogP contribution in [-0.2, 0) is 19.3 Å². The molecular weight excluding hydrogens is 294 g/mol. The van der Waals surface area contributed by atoms with Gasteiger partial charge < -0.3 is 19.7 Å². The second kappa shape index (κ2) is 7.42. The van der Waals surface area contributed by atoms with Gasteiger partial charge in [-0.05, 0) is 12.8 Å². The molecule has 0 aromatic rings. The summed E-state index contributed by atoms with van der Waals surface area (Å²) < 4.78 is 33.8. The van der Waals surface area contributed by atoms with Crippen LogP contribution in [0.1, 0.15) is 12.8 Å². The normalized spacial score (nSPS) is 27.9. The number of sulfone groups is 1. The van der Waals surface area contributed by atoms with Crippen LogP contribution in [0.3, 0.4) is 0 Å². The summed E-state index contributed by atoms with van der Waals surface area (Å²) in [5.74, 6) is 0.830. The molecule has 2 saturated heterocycles. The van der Waals surface area contributed by atoms with E-state index in [1.807, 2.05) is 0 Å². The number of rotatable bonds is 4. The Hall–Kier alpha value is -0.860. The third-order valence-electron chi connectivity index (χ3n) is 3.74. The van der Waals surface area contributed by atoms with Gasteiger partial charge >= 0.3 is 0 Å². The molecule has 2 rings (SSSR count). The molecule has 21 heavy (non-hydrogen) atoms. The van der Waals surface area contributed by atoms with Crippen LogP contribution in [0, 0.1) is 0 Å². The van der Waals surface area contributed by atoms with Crippen molar-refractivity contribution >= 4 is 15.8 Å². The Morgan fingerprint density at radius 1 is 1.33 bits per heavy atom. The summed E-state index contributed by atoms with van der Waals surface area (Å²) in [4.78, 5) is 6.34. The number of hydrogen-bond donors (Lipinski definition) is 1. The summed E-state index contributed by atoms with van der Waals surface area (Å²) in [7, 11) is -1.26. The zero-order chi connectivity index (χ0) is 15.3. The maximum atomic E-state index is 11.2. The van der Waals surface area contributed by atoms with Crippen LogP contribution in [0.15, 0.2) is 4.99 Å². The third kappa shape index (κ3) is 5.12. The second-order valence-corrected chi connectivity index (χ2v) is 7.77. The molecule has 0 spiro atoms. The van der Waals surface area contributed by atoms with E-state index in [2.05, 4.69) is 15.2 Å². The minimum atomic E-state index is -2.96. The van der Waals surface area contributed by atoms with Gasteiger partial charge in [-0.25, -0.2) is 8.42 Å². The average molecular weight is 319 g/mol. The van der Waals surface area contributed by atoms with E-state index in [1.165, 1.54) is 6.26 Å². The van der Waals surface area contributed by atoms with Crippen LogP contribution in [-0.4, -0.2) is 83.4 Å². The molecule has 1 N–H and O–H groups in total. The molecule has 0 radical (unpaired) electrons. The molecule has 0 aromatic carbocycles. The number of hydrogen-bond acceptors (Lipinski definition) is 5. The van der Waals surface area contributed by atoms with Crippen molar-refractivity contribution in [1.29, 1.82) is 0 Å². The summed E-state index contributed by atoms with van der Waals surface area (Å²) in [6, 6.07) is 0. The lowest BCUT2D eigenvalue weighted by Crippen LogP contribution is -2.53. The molecule has 2 unspecified atom stereocenters. The number of nitrogens with zero attached hydrogens (tertiary/aromatic N) is 2. The van der Waals surface area contributed by atoms with E-state index < -0.39 is 9.84 Å². The molecule has 8 heteroatoms. The highest BCUT2D eigenvalue weighted by Gasteiger charge is 2.32. The van der Waals surface area contributed by atoms with Gasteiger partial charge in [-0.3, -0.25) is 4.99 Å². The van der Waals surface area contributed by atoms with Crippen LogP contribution in [0.2, 0.25) is 0 Å². The molecule has 2 fully saturated rings. The van der Waals surface area contributed by atoms with Crippen LogP contribution in [0.5, 0.6) is 0 Å². The summed E-state index contributed by atoms with van der Waals surface area (Å²) in [5.41, 5.74) is 0. The number of guanidine groups is 1. The predicted octanol–water partition coefficient (Wildman–Crippen LogP) is -0.514. The Balaban J connectivity index is 1.85. The highest BCUT2D eigenvalue weighted by atomic mass is 32.2. The van der Waals surface area contributed by atoms with Gasteiger partial charge in [0.1, 0.15) is 15.9 Å². The maximum Gasteiger partial charge on any atom is 0.193 e. The Kier molecular flexibility index (Phi) is 5.83. The lowest BCUT2D eigenvalue weighted by Gasteiger charge is -2.37. The number of morpholine rings is 1. The van der Waals surface area contributed by atoms with Crippen molar-refractivity contribution in [3.8, 4) is 0 Å². The predicted molar refractivity (Wildman–Crippen MR) is 81.4 cm³/mol. The van der Waals surface area contributed by atoms with Crippen LogP contribution >= 0.6 is 0 Å². The summed E-state index contributed by atoms with van der Waals surface area (Å²) in [5, 5.41) is 3.11. The van der Waals surface area contributed by atoms with Crippen molar-refractivity contribution in [3.63, 3.8) is 0 Å². The standard InChI is InChI=1S/C13H25N3O4S/c1-14-13(15-5-9-21(2,17)18)16-6-8-20-12(10-16)11-4-3-7-19-11/h11-12H,3-10H2,1-2H3,(H,14,15). The van der Waals surface area contributed by atoms with Crippen molar-refractivity contribution in [3.05, 3.63) is 0 Å². The minimum absolute atomic E-state index is 0.0645. The number of ether oxygens (including phenoxy) is 2. The van der Waals surface area contributed by atoms with E-state index in [-0.39, 0.29) is 18.0 Å². The van der Waals surface area contributed by atoms with Gasteiger partial charge in [0, 0.05) is 39.5 Å². The molecule has 7 nitrogen and oxygen atoms in total. The molecule has 2 heterocycles. The van der Waals surface area contributed by atoms with Crippen molar-refractivity contribution in [2.45, 2.75) is 25.0 Å². The molecular formula is C13H25N3O4S. The molecule has 0 aliphatic carbocycles. The fraction of sp³-hybridized carbons (Fsp3) is 0.923. The summed E-state index contributed by atoms with van der Waals surface area (Å²) >= 11 is 0. The van der Waals surface area contributed by atoms with Crippen molar-refractivity contribution in [2.24, 2.45) is 4.99 Å². The minimum Gasteiger partial charge on any atom is -0.375 e. The van der Waals surface area contributed by atoms with Gasteiger partial charge in [0.05, 0.1) is 18.5 Å². The number of aliphatic imine (C=N–C) groups is 1. The zero-order valence-corrected chi connectivity index (χ0v) is 13.6. The Morgan fingerprint density at radius 3 is 2.71 bits per heavy atom. The fourth-order valence-electron chi connectivity index (χ4n) is 2.67. The van der Waals surface area contributed by atoms with Crippen LogP contribution < -0.4 is 5.32 Å². The Labute approximate surface area is 126 Å². The summed E-state index contributed by atoms with van der Waals surface area (Å²) in [6.45, 7) is 3.29. The van der Waals surface area contributed by atoms with E-state index in [0.717, 1.165) is 38.5 Å². The van der Waals surface area contributed by atoms with E-state index in [1.54, 1.807) is 7.05 Å². The Bertz CT molecular complexity index is 460. The molecule has 0 amide bonds. The van der Waals surface area contributed by atoms with Gasteiger partial charge in [-0.2, -0.15) is 0 Å². The zero-order valence-electron chi connectivity index (χ0n) is 12.7. The van der Waals surface area contributed by atoms with Gasteiger partial charge in [0.15, 0.2) is 5.96 Å². The lowest BCUT2D eigenvalue weighted by atomic mass is 10.1. The molecule has 2 aliphatic rings. The van der Waals surface area contributed by atoms with Gasteiger partial charge in [-0.1, -0.05) is 0 Å². The number of nitrogens with one attached hydrogen (secondary N) is 1. The van der Waals surface area contributed by atoms with E-state index in [9.17, 15) is 8.42 Å². The SMILES string of the molecule is CN=C(NCCS(C)(=O)=O)N1CCOC(C2CCCO2)C1. The second-order valence-electron chi connectivity index (χ2n) is 5.51. The maximum absolute atomic E-state index is 11.2. The quantitative estimate of drug-likeness (QED) is 0.555. The van der Waals surface area contributed by atoms with Crippen molar-refractivity contribution in [2.75, 3.05) is 51.9 Å². The van der Waals surface area contributed by atoms with E-state index in [4.69, 9.17) is 9.47 Å². The smallest absolute Gasteiger partial charge is 0.193 e. The molecule has 122 valence electrons. The highest BCUT2D eigenvalue weighted by molar-refractivity contribution is 7.90. The van der Waals surface area contributed by atoms with E-state index in [0.29, 0.717) is 13.2 Å². The van der Waals surface area contributed by atoms with Gasteiger partial charge in [0.2, 0.25) is 0 Å².